The van der Waals surface area contributed by atoms with Crippen molar-refractivity contribution in [3.8, 4) is 11.1 Å². The predicted octanol–water partition coefficient (Wildman–Crippen LogP) is 2.29. The second-order valence-electron chi connectivity index (χ2n) is 8.49. The van der Waals surface area contributed by atoms with Gasteiger partial charge in [0, 0.05) is 18.4 Å². The summed E-state index contributed by atoms with van der Waals surface area (Å²) in [6, 6.07) is 14.8. The molecule has 2 aromatic carbocycles. The zero-order valence-corrected chi connectivity index (χ0v) is 18.7. The first-order chi connectivity index (χ1) is 16.4. The Balaban J connectivity index is 1.24. The van der Waals surface area contributed by atoms with Crippen molar-refractivity contribution in [1.82, 2.24) is 10.6 Å². The lowest BCUT2D eigenvalue weighted by molar-refractivity contribution is -0.148. The molecule has 2 aliphatic carbocycles. The lowest BCUT2D eigenvalue weighted by atomic mass is 9.98. The van der Waals surface area contributed by atoms with Gasteiger partial charge in [-0.15, -0.1) is 0 Å². The fourth-order valence-electron chi connectivity index (χ4n) is 4.39. The van der Waals surface area contributed by atoms with Crippen molar-refractivity contribution in [2.24, 2.45) is 11.8 Å². The van der Waals surface area contributed by atoms with Crippen LogP contribution < -0.4 is 10.6 Å². The fourth-order valence-corrected chi connectivity index (χ4v) is 4.39. The molecular formula is C25H26N2O7. The van der Waals surface area contributed by atoms with Gasteiger partial charge in [0.25, 0.3) is 0 Å². The van der Waals surface area contributed by atoms with Crippen molar-refractivity contribution in [1.29, 1.82) is 0 Å². The normalized spacial score (nSPS) is 18.7. The van der Waals surface area contributed by atoms with E-state index in [9.17, 15) is 24.3 Å². The van der Waals surface area contributed by atoms with Gasteiger partial charge in [-0.1, -0.05) is 48.5 Å². The largest absolute Gasteiger partial charge is 0.480 e. The number of amides is 2. The summed E-state index contributed by atoms with van der Waals surface area (Å²) in [6.45, 7) is 0.436. The lowest BCUT2D eigenvalue weighted by Crippen LogP contribution is -2.43. The lowest BCUT2D eigenvalue weighted by Gasteiger charge is -2.15. The highest BCUT2D eigenvalue weighted by Crippen LogP contribution is 2.44. The Morgan fingerprint density at radius 1 is 1.03 bits per heavy atom. The SMILES string of the molecule is COC(=O)C[C@H](NC(=O)C1CC1CNC(=O)OCC1c2ccccc2-c2ccccc21)C(=O)O. The molecule has 1 fully saturated rings. The molecule has 2 unspecified atom stereocenters. The van der Waals surface area contributed by atoms with Gasteiger partial charge in [-0.3, -0.25) is 9.59 Å². The molecule has 0 heterocycles. The van der Waals surface area contributed by atoms with Crippen molar-refractivity contribution >= 4 is 23.9 Å². The number of benzene rings is 2. The van der Waals surface area contributed by atoms with Crippen LogP contribution in [0.3, 0.4) is 0 Å². The summed E-state index contributed by atoms with van der Waals surface area (Å²) >= 11 is 0. The van der Waals surface area contributed by atoms with Crippen LogP contribution in [-0.4, -0.2) is 55.3 Å². The number of carbonyl (C=O) groups is 4. The number of nitrogens with one attached hydrogen (secondary N) is 2. The molecule has 2 aromatic rings. The van der Waals surface area contributed by atoms with E-state index in [1.54, 1.807) is 0 Å². The van der Waals surface area contributed by atoms with E-state index in [0.717, 1.165) is 29.4 Å². The second kappa shape index (κ2) is 9.94. The third kappa shape index (κ3) is 5.03. The van der Waals surface area contributed by atoms with E-state index in [0.29, 0.717) is 6.42 Å². The summed E-state index contributed by atoms with van der Waals surface area (Å²) in [7, 11) is 1.15. The number of carbonyl (C=O) groups excluding carboxylic acids is 3. The van der Waals surface area contributed by atoms with Crippen LogP contribution in [0.4, 0.5) is 4.79 Å². The van der Waals surface area contributed by atoms with Crippen LogP contribution in [0.15, 0.2) is 48.5 Å². The quantitative estimate of drug-likeness (QED) is 0.483. The van der Waals surface area contributed by atoms with Crippen molar-refractivity contribution < 1.29 is 33.8 Å². The molecule has 178 valence electrons. The number of methoxy groups -OCH3 is 1. The Bertz CT molecular complexity index is 1070. The minimum atomic E-state index is -1.35. The third-order valence-electron chi connectivity index (χ3n) is 6.32. The summed E-state index contributed by atoms with van der Waals surface area (Å²) in [4.78, 5) is 47.2. The number of carboxylic acid groups (broad SMARTS) is 1. The first kappa shape index (κ1) is 23.3. The van der Waals surface area contributed by atoms with E-state index in [4.69, 9.17) is 4.74 Å². The van der Waals surface area contributed by atoms with Crippen LogP contribution in [0.5, 0.6) is 0 Å². The minimum absolute atomic E-state index is 0.0413. The Morgan fingerprint density at radius 2 is 1.65 bits per heavy atom. The molecule has 1 saturated carbocycles. The summed E-state index contributed by atoms with van der Waals surface area (Å²) < 4.78 is 9.94. The summed E-state index contributed by atoms with van der Waals surface area (Å²) in [5.41, 5.74) is 4.53. The van der Waals surface area contributed by atoms with Crippen LogP contribution in [0.25, 0.3) is 11.1 Å². The van der Waals surface area contributed by atoms with Gasteiger partial charge in [-0.2, -0.15) is 0 Å². The van der Waals surface area contributed by atoms with Gasteiger partial charge in [0.05, 0.1) is 13.5 Å². The predicted molar refractivity (Wildman–Crippen MR) is 121 cm³/mol. The molecule has 9 heteroatoms. The van der Waals surface area contributed by atoms with Crippen molar-refractivity contribution in [3.63, 3.8) is 0 Å². The van der Waals surface area contributed by atoms with Crippen LogP contribution >= 0.6 is 0 Å². The van der Waals surface area contributed by atoms with Gasteiger partial charge in [0.15, 0.2) is 0 Å². The summed E-state index contributed by atoms with van der Waals surface area (Å²) in [5, 5.41) is 14.2. The third-order valence-corrected chi connectivity index (χ3v) is 6.32. The average molecular weight is 466 g/mol. The molecule has 2 amide bonds. The smallest absolute Gasteiger partial charge is 0.407 e. The highest BCUT2D eigenvalue weighted by molar-refractivity contribution is 5.89. The van der Waals surface area contributed by atoms with Crippen LogP contribution in [0.2, 0.25) is 0 Å². The number of esters is 1. The van der Waals surface area contributed by atoms with Crippen molar-refractivity contribution in [2.45, 2.75) is 24.8 Å². The van der Waals surface area contributed by atoms with Gasteiger partial charge in [-0.25, -0.2) is 9.59 Å². The molecule has 0 aliphatic heterocycles. The number of rotatable bonds is 9. The molecule has 4 rings (SSSR count). The standard InChI is InChI=1S/C25H26N2O7/c1-33-22(28)11-21(24(30)31)27-23(29)19-10-14(19)12-26-25(32)34-13-20-17-8-4-2-6-15(17)16-7-3-5-9-18(16)20/h2-9,14,19-21H,10-13H2,1H3,(H,26,32)(H,27,29)(H,30,31)/t14?,19?,21-/m0/s1. The molecule has 9 nitrogen and oxygen atoms in total. The average Bonchev–Trinajstić information content (AvgIpc) is 3.56. The second-order valence-corrected chi connectivity index (χ2v) is 8.49. The Kier molecular flexibility index (Phi) is 6.81. The number of hydrogen-bond donors (Lipinski definition) is 3. The van der Waals surface area contributed by atoms with E-state index in [1.807, 2.05) is 36.4 Å². The highest BCUT2D eigenvalue weighted by Gasteiger charge is 2.44. The zero-order valence-electron chi connectivity index (χ0n) is 18.7. The molecule has 34 heavy (non-hydrogen) atoms. The number of aliphatic carboxylic acids is 1. The Morgan fingerprint density at radius 3 is 2.24 bits per heavy atom. The number of alkyl carbamates (subject to hydrolysis) is 1. The van der Waals surface area contributed by atoms with E-state index in [2.05, 4.69) is 27.5 Å². The molecular weight excluding hydrogens is 440 g/mol. The molecule has 0 saturated heterocycles. The molecule has 0 radical (unpaired) electrons. The first-order valence-electron chi connectivity index (χ1n) is 11.1. The van der Waals surface area contributed by atoms with E-state index >= 15 is 0 Å². The number of carboxylic acids is 1. The first-order valence-corrected chi connectivity index (χ1v) is 11.1. The van der Waals surface area contributed by atoms with Gasteiger partial charge >= 0.3 is 18.0 Å². The van der Waals surface area contributed by atoms with Gasteiger partial charge in [0.1, 0.15) is 12.6 Å². The molecule has 2 aliphatic rings. The minimum Gasteiger partial charge on any atom is -0.480 e. The van der Waals surface area contributed by atoms with Crippen LogP contribution in [-0.2, 0) is 23.9 Å². The van der Waals surface area contributed by atoms with Gasteiger partial charge in [-0.05, 0) is 34.6 Å². The Labute approximate surface area is 196 Å². The maximum Gasteiger partial charge on any atom is 0.407 e. The zero-order chi connectivity index (χ0) is 24.2. The Hall–Kier alpha value is -3.88. The van der Waals surface area contributed by atoms with Gasteiger partial charge in [0.2, 0.25) is 5.91 Å². The van der Waals surface area contributed by atoms with E-state index in [1.165, 1.54) is 0 Å². The van der Waals surface area contributed by atoms with Crippen molar-refractivity contribution in [2.75, 3.05) is 20.3 Å². The number of ether oxygens (including phenoxy) is 2. The number of hydrogen-bond acceptors (Lipinski definition) is 6. The van der Waals surface area contributed by atoms with Crippen LogP contribution in [0.1, 0.15) is 29.9 Å². The van der Waals surface area contributed by atoms with Crippen molar-refractivity contribution in [3.05, 3.63) is 59.7 Å². The molecule has 3 N–H and O–H groups in total. The fraction of sp³-hybridized carbons (Fsp3) is 0.360. The van der Waals surface area contributed by atoms with E-state index in [-0.39, 0.29) is 25.0 Å². The molecule has 0 spiro atoms. The molecule has 0 aromatic heterocycles. The topological polar surface area (TPSA) is 131 Å². The maximum absolute atomic E-state index is 12.3. The molecule has 0 bridgehead atoms. The number of fused-ring (bicyclic) bond motifs is 3. The maximum atomic E-state index is 12.3. The van der Waals surface area contributed by atoms with E-state index < -0.39 is 42.3 Å². The van der Waals surface area contributed by atoms with Gasteiger partial charge < -0.3 is 25.2 Å². The summed E-state index contributed by atoms with van der Waals surface area (Å²) in [5.74, 6) is -3.08. The molecule has 3 atom stereocenters. The van der Waals surface area contributed by atoms with Crippen LogP contribution in [0, 0.1) is 11.8 Å². The summed E-state index contributed by atoms with van der Waals surface area (Å²) in [6.07, 6.45) is -0.505. The highest BCUT2D eigenvalue weighted by atomic mass is 16.5. The monoisotopic (exact) mass is 466 g/mol.